The average molecular weight is 327 g/mol. The zero-order chi connectivity index (χ0) is 13.8. The van der Waals surface area contributed by atoms with E-state index in [0.717, 1.165) is 26.3 Å². The van der Waals surface area contributed by atoms with Crippen LogP contribution in [0.15, 0.2) is 22.7 Å². The van der Waals surface area contributed by atoms with Crippen LogP contribution in [0.3, 0.4) is 0 Å². The molecule has 1 aromatic carbocycles. The fourth-order valence-electron chi connectivity index (χ4n) is 2.57. The van der Waals surface area contributed by atoms with Crippen molar-refractivity contribution in [1.82, 2.24) is 5.32 Å². The summed E-state index contributed by atoms with van der Waals surface area (Å²) in [7, 11) is 0. The van der Waals surface area contributed by atoms with Crippen LogP contribution in [0.1, 0.15) is 32.4 Å². The van der Waals surface area contributed by atoms with Gasteiger partial charge in [0.25, 0.3) is 0 Å². The number of hydrogen-bond acceptors (Lipinski definition) is 3. The van der Waals surface area contributed by atoms with Gasteiger partial charge in [-0.15, -0.1) is 0 Å². The van der Waals surface area contributed by atoms with Gasteiger partial charge in [-0.25, -0.2) is 0 Å². The molecule has 0 radical (unpaired) electrons. The lowest BCUT2D eigenvalue weighted by atomic mass is 10.1. The Labute approximate surface area is 124 Å². The molecule has 0 amide bonds. The Morgan fingerprint density at radius 3 is 2.95 bits per heavy atom. The van der Waals surface area contributed by atoms with E-state index in [4.69, 9.17) is 4.74 Å². The first-order chi connectivity index (χ1) is 9.13. The predicted molar refractivity (Wildman–Crippen MR) is 83.9 cm³/mol. The Hall–Kier alpha value is -0.580. The van der Waals surface area contributed by atoms with E-state index in [1.165, 1.54) is 15.7 Å². The number of ether oxygens (including phenoxy) is 1. The predicted octanol–water partition coefficient (Wildman–Crippen LogP) is 3.34. The van der Waals surface area contributed by atoms with Crippen LogP contribution in [0.5, 0.6) is 0 Å². The molecule has 1 saturated heterocycles. The number of nitrogens with zero attached hydrogens (tertiary/aromatic N) is 1. The highest BCUT2D eigenvalue weighted by molar-refractivity contribution is 9.10. The van der Waals surface area contributed by atoms with Crippen LogP contribution in [0.4, 0.5) is 5.69 Å². The topological polar surface area (TPSA) is 24.5 Å². The molecule has 0 saturated carbocycles. The number of nitrogens with one attached hydrogen (secondary N) is 1. The van der Waals surface area contributed by atoms with Crippen molar-refractivity contribution in [2.45, 2.75) is 32.9 Å². The largest absolute Gasteiger partial charge is 0.377 e. The lowest BCUT2D eigenvalue weighted by Crippen LogP contribution is -2.43. The second kappa shape index (κ2) is 6.73. The summed E-state index contributed by atoms with van der Waals surface area (Å²) in [6.45, 7) is 10.1. The van der Waals surface area contributed by atoms with E-state index in [9.17, 15) is 0 Å². The third-order valence-electron chi connectivity index (χ3n) is 3.66. The second-order valence-corrected chi connectivity index (χ2v) is 5.96. The van der Waals surface area contributed by atoms with Crippen molar-refractivity contribution >= 4 is 21.6 Å². The van der Waals surface area contributed by atoms with Crippen molar-refractivity contribution in [2.75, 3.05) is 31.2 Å². The number of anilines is 1. The number of morpholine rings is 1. The summed E-state index contributed by atoms with van der Waals surface area (Å²) in [5.74, 6) is 0. The Morgan fingerprint density at radius 1 is 1.53 bits per heavy atom. The molecule has 19 heavy (non-hydrogen) atoms. The zero-order valence-corrected chi connectivity index (χ0v) is 13.5. The van der Waals surface area contributed by atoms with Crippen LogP contribution < -0.4 is 10.2 Å². The Morgan fingerprint density at radius 2 is 2.32 bits per heavy atom. The molecule has 1 N–H and O–H groups in total. The van der Waals surface area contributed by atoms with Crippen LogP contribution in [0, 0.1) is 0 Å². The SMILES string of the molecule is CCNC(C)c1ccc(N2CCOCC2C)cc1Br. The molecule has 0 spiro atoms. The van der Waals surface area contributed by atoms with Gasteiger partial charge >= 0.3 is 0 Å². The molecule has 1 fully saturated rings. The van der Waals surface area contributed by atoms with E-state index < -0.39 is 0 Å². The van der Waals surface area contributed by atoms with E-state index >= 15 is 0 Å². The molecule has 1 aromatic rings. The summed E-state index contributed by atoms with van der Waals surface area (Å²) in [4.78, 5) is 2.41. The van der Waals surface area contributed by atoms with Crippen LogP contribution in [-0.2, 0) is 4.74 Å². The van der Waals surface area contributed by atoms with Gasteiger partial charge in [0.05, 0.1) is 13.2 Å². The van der Waals surface area contributed by atoms with Gasteiger partial charge in [-0.3, -0.25) is 0 Å². The molecule has 2 rings (SSSR count). The minimum Gasteiger partial charge on any atom is -0.377 e. The molecule has 2 unspecified atom stereocenters. The van der Waals surface area contributed by atoms with Crippen molar-refractivity contribution < 1.29 is 4.74 Å². The molecule has 0 aromatic heterocycles. The van der Waals surface area contributed by atoms with Gasteiger partial charge in [0.2, 0.25) is 0 Å². The van der Waals surface area contributed by atoms with Gasteiger partial charge in [-0.05, 0) is 38.1 Å². The van der Waals surface area contributed by atoms with Crippen LogP contribution in [0.2, 0.25) is 0 Å². The first-order valence-corrected chi connectivity index (χ1v) is 7.80. The van der Waals surface area contributed by atoms with Gasteiger partial charge in [-0.2, -0.15) is 0 Å². The molecular weight excluding hydrogens is 304 g/mol. The summed E-state index contributed by atoms with van der Waals surface area (Å²) in [6.07, 6.45) is 0. The smallest absolute Gasteiger partial charge is 0.0668 e. The third kappa shape index (κ3) is 3.50. The molecule has 3 nitrogen and oxygen atoms in total. The lowest BCUT2D eigenvalue weighted by molar-refractivity contribution is 0.0989. The lowest BCUT2D eigenvalue weighted by Gasteiger charge is -2.35. The summed E-state index contributed by atoms with van der Waals surface area (Å²) in [5.41, 5.74) is 2.58. The summed E-state index contributed by atoms with van der Waals surface area (Å²) < 4.78 is 6.67. The fourth-order valence-corrected chi connectivity index (χ4v) is 3.28. The highest BCUT2D eigenvalue weighted by atomic mass is 79.9. The maximum absolute atomic E-state index is 5.49. The molecule has 1 heterocycles. The van der Waals surface area contributed by atoms with Crippen molar-refractivity contribution in [3.05, 3.63) is 28.2 Å². The van der Waals surface area contributed by atoms with Crippen molar-refractivity contribution in [1.29, 1.82) is 0 Å². The summed E-state index contributed by atoms with van der Waals surface area (Å²) in [6, 6.07) is 7.48. The molecule has 0 aliphatic carbocycles. The zero-order valence-electron chi connectivity index (χ0n) is 11.9. The van der Waals surface area contributed by atoms with Crippen LogP contribution >= 0.6 is 15.9 Å². The fraction of sp³-hybridized carbons (Fsp3) is 0.600. The third-order valence-corrected chi connectivity index (χ3v) is 4.35. The summed E-state index contributed by atoms with van der Waals surface area (Å²) in [5, 5.41) is 3.45. The highest BCUT2D eigenvalue weighted by Crippen LogP contribution is 2.29. The number of rotatable bonds is 4. The minimum absolute atomic E-state index is 0.371. The molecule has 106 valence electrons. The molecule has 0 bridgehead atoms. The quantitative estimate of drug-likeness (QED) is 0.918. The van der Waals surface area contributed by atoms with Crippen molar-refractivity contribution in [2.24, 2.45) is 0 Å². The van der Waals surface area contributed by atoms with E-state index in [1.54, 1.807) is 0 Å². The van der Waals surface area contributed by atoms with Gasteiger partial charge in [-0.1, -0.05) is 28.9 Å². The van der Waals surface area contributed by atoms with Gasteiger partial charge in [0, 0.05) is 28.8 Å². The van der Waals surface area contributed by atoms with Crippen molar-refractivity contribution in [3.63, 3.8) is 0 Å². The van der Waals surface area contributed by atoms with E-state index in [1.807, 2.05) is 0 Å². The van der Waals surface area contributed by atoms with E-state index in [-0.39, 0.29) is 0 Å². The maximum atomic E-state index is 5.49. The highest BCUT2D eigenvalue weighted by Gasteiger charge is 2.20. The second-order valence-electron chi connectivity index (χ2n) is 5.10. The minimum atomic E-state index is 0.371. The first kappa shape index (κ1) is 14.8. The summed E-state index contributed by atoms with van der Waals surface area (Å²) >= 11 is 3.71. The Balaban J connectivity index is 2.18. The first-order valence-electron chi connectivity index (χ1n) is 7.00. The standard InChI is InChI=1S/C15H23BrN2O/c1-4-17-12(3)14-6-5-13(9-15(14)16)18-7-8-19-10-11(18)2/h5-6,9,11-12,17H,4,7-8,10H2,1-3H3. The normalized spacial score (nSPS) is 21.5. The number of halogens is 1. The Bertz CT molecular complexity index is 425. The molecular formula is C15H23BrN2O. The van der Waals surface area contributed by atoms with E-state index in [0.29, 0.717) is 12.1 Å². The number of benzene rings is 1. The van der Waals surface area contributed by atoms with Crippen LogP contribution in [0.25, 0.3) is 0 Å². The molecule has 1 aliphatic heterocycles. The van der Waals surface area contributed by atoms with Crippen LogP contribution in [-0.4, -0.2) is 32.3 Å². The van der Waals surface area contributed by atoms with Crippen molar-refractivity contribution in [3.8, 4) is 0 Å². The van der Waals surface area contributed by atoms with Gasteiger partial charge in [0.1, 0.15) is 0 Å². The average Bonchev–Trinajstić information content (AvgIpc) is 2.39. The monoisotopic (exact) mass is 326 g/mol. The maximum Gasteiger partial charge on any atom is 0.0668 e. The van der Waals surface area contributed by atoms with Gasteiger partial charge < -0.3 is 15.0 Å². The van der Waals surface area contributed by atoms with Gasteiger partial charge in [0.15, 0.2) is 0 Å². The van der Waals surface area contributed by atoms with E-state index in [2.05, 4.69) is 65.1 Å². The Kier molecular flexibility index (Phi) is 5.25. The number of hydrogen-bond donors (Lipinski definition) is 1. The molecule has 1 aliphatic rings. The molecule has 2 atom stereocenters. The molecule has 4 heteroatoms.